The molecule has 3 rings (SSSR count). The summed E-state index contributed by atoms with van der Waals surface area (Å²) in [5, 5.41) is 8.83. The Morgan fingerprint density at radius 3 is 2.38 bits per heavy atom. The first-order chi connectivity index (χ1) is 11.5. The monoisotopic (exact) mass is 338 g/mol. The number of oxazole rings is 1. The maximum absolute atomic E-state index is 12.6. The lowest BCUT2D eigenvalue weighted by Crippen LogP contribution is -2.05. The molecule has 0 amide bonds. The van der Waals surface area contributed by atoms with Gasteiger partial charge in [0, 0.05) is 5.56 Å². The second kappa shape index (κ2) is 6.30. The van der Waals surface area contributed by atoms with Gasteiger partial charge in [0.1, 0.15) is 6.07 Å². The predicted molar refractivity (Wildman–Crippen MR) is 88.7 cm³/mol. The second-order valence-corrected chi connectivity index (χ2v) is 7.27. The van der Waals surface area contributed by atoms with Gasteiger partial charge in [0.15, 0.2) is 5.69 Å². The Morgan fingerprint density at radius 2 is 1.75 bits per heavy atom. The predicted octanol–water partition coefficient (Wildman–Crippen LogP) is 3.50. The van der Waals surface area contributed by atoms with Crippen molar-refractivity contribution in [2.75, 3.05) is 0 Å². The van der Waals surface area contributed by atoms with Gasteiger partial charge in [-0.3, -0.25) is 0 Å². The van der Waals surface area contributed by atoms with Gasteiger partial charge >= 0.3 is 0 Å². The summed E-state index contributed by atoms with van der Waals surface area (Å²) >= 11 is 0. The van der Waals surface area contributed by atoms with Gasteiger partial charge in [0.25, 0.3) is 5.09 Å². The van der Waals surface area contributed by atoms with Crippen molar-refractivity contribution in [2.45, 2.75) is 17.8 Å². The van der Waals surface area contributed by atoms with Crippen LogP contribution < -0.4 is 0 Å². The zero-order chi connectivity index (χ0) is 17.2. The molecule has 0 N–H and O–H groups in total. The minimum atomic E-state index is -3.80. The van der Waals surface area contributed by atoms with Crippen LogP contribution in [0.25, 0.3) is 11.5 Å². The first kappa shape index (κ1) is 16.0. The number of aryl methyl sites for hydroxylation is 1. The summed E-state index contributed by atoms with van der Waals surface area (Å²) in [6.45, 7) is 1.94. The second-order valence-electron chi connectivity index (χ2n) is 5.38. The molecular weight excluding hydrogens is 324 g/mol. The number of sulfone groups is 1. The number of hydrogen-bond donors (Lipinski definition) is 0. The molecule has 0 bridgehead atoms. The maximum atomic E-state index is 12.6. The summed E-state index contributed by atoms with van der Waals surface area (Å²) in [5.41, 5.74) is 2.08. The van der Waals surface area contributed by atoms with Crippen molar-refractivity contribution in [3.63, 3.8) is 0 Å². The van der Waals surface area contributed by atoms with Crippen LogP contribution >= 0.6 is 0 Å². The minimum absolute atomic E-state index is 0.123. The van der Waals surface area contributed by atoms with Gasteiger partial charge in [-0.1, -0.05) is 48.0 Å². The highest BCUT2D eigenvalue weighted by Gasteiger charge is 2.27. The van der Waals surface area contributed by atoms with Crippen molar-refractivity contribution in [1.29, 1.82) is 5.26 Å². The summed E-state index contributed by atoms with van der Waals surface area (Å²) in [5.74, 6) is -0.122. The molecule has 0 aliphatic carbocycles. The number of hydrogen-bond acceptors (Lipinski definition) is 5. The molecule has 2 aromatic carbocycles. The Morgan fingerprint density at radius 1 is 1.08 bits per heavy atom. The van der Waals surface area contributed by atoms with Gasteiger partial charge in [-0.2, -0.15) is 10.2 Å². The molecule has 0 saturated carbocycles. The molecule has 120 valence electrons. The molecule has 6 heteroatoms. The van der Waals surface area contributed by atoms with E-state index in [0.29, 0.717) is 11.1 Å². The van der Waals surface area contributed by atoms with E-state index < -0.39 is 9.84 Å². The smallest absolute Gasteiger partial charge is 0.257 e. The maximum Gasteiger partial charge on any atom is 0.257 e. The first-order valence-corrected chi connectivity index (χ1v) is 8.89. The van der Waals surface area contributed by atoms with Gasteiger partial charge < -0.3 is 4.42 Å². The summed E-state index contributed by atoms with van der Waals surface area (Å²) in [6, 6.07) is 17.8. The lowest BCUT2D eigenvalue weighted by atomic mass is 10.1. The molecule has 24 heavy (non-hydrogen) atoms. The number of nitriles is 1. The Labute approximate surface area is 140 Å². The Kier molecular flexibility index (Phi) is 4.19. The quantitative estimate of drug-likeness (QED) is 0.727. The summed E-state index contributed by atoms with van der Waals surface area (Å²) in [4.78, 5) is 4.03. The summed E-state index contributed by atoms with van der Waals surface area (Å²) < 4.78 is 30.6. The van der Waals surface area contributed by atoms with Crippen LogP contribution in [0.4, 0.5) is 0 Å². The lowest BCUT2D eigenvalue weighted by molar-refractivity contribution is 0.457. The third-order valence-electron chi connectivity index (χ3n) is 3.48. The topological polar surface area (TPSA) is 84.0 Å². The van der Waals surface area contributed by atoms with Gasteiger partial charge in [0.05, 0.1) is 5.75 Å². The average molecular weight is 338 g/mol. The fraction of sp³-hybridized carbons (Fsp3) is 0.111. The molecule has 0 fully saturated rings. The number of benzene rings is 2. The zero-order valence-corrected chi connectivity index (χ0v) is 13.7. The van der Waals surface area contributed by atoms with E-state index in [1.807, 2.05) is 19.1 Å². The van der Waals surface area contributed by atoms with Gasteiger partial charge in [-0.05, 0) is 24.6 Å². The molecule has 0 aliphatic heterocycles. The number of aromatic nitrogens is 1. The summed E-state index contributed by atoms with van der Waals surface area (Å²) in [7, 11) is -3.80. The SMILES string of the molecule is Cc1ccc(-c2nc(C#N)c(S(=O)(=O)Cc3ccccc3)o2)cc1. The molecule has 0 unspecified atom stereocenters. The number of rotatable bonds is 4. The van der Waals surface area contributed by atoms with Crippen molar-refractivity contribution in [3.05, 3.63) is 71.4 Å². The fourth-order valence-electron chi connectivity index (χ4n) is 2.27. The average Bonchev–Trinajstić information content (AvgIpc) is 3.01. The van der Waals surface area contributed by atoms with Crippen LogP contribution in [-0.4, -0.2) is 13.4 Å². The standard InChI is InChI=1S/C18H14N2O3S/c1-13-7-9-15(10-8-13)17-20-16(11-19)18(23-17)24(21,22)12-14-5-3-2-4-6-14/h2-10H,12H2,1H3. The molecule has 1 aromatic heterocycles. The van der Waals surface area contributed by atoms with Crippen LogP contribution in [0, 0.1) is 18.3 Å². The third kappa shape index (κ3) is 3.21. The van der Waals surface area contributed by atoms with E-state index in [1.54, 1.807) is 48.5 Å². The van der Waals surface area contributed by atoms with Crippen LogP contribution in [0.3, 0.4) is 0 Å². The van der Waals surface area contributed by atoms with Crippen molar-refractivity contribution < 1.29 is 12.8 Å². The zero-order valence-electron chi connectivity index (χ0n) is 12.9. The molecule has 0 spiro atoms. The van der Waals surface area contributed by atoms with E-state index in [9.17, 15) is 13.7 Å². The normalized spacial score (nSPS) is 11.2. The summed E-state index contributed by atoms with van der Waals surface area (Å²) in [6.07, 6.45) is 0. The largest absolute Gasteiger partial charge is 0.423 e. The van der Waals surface area contributed by atoms with Gasteiger partial charge in [-0.25, -0.2) is 8.42 Å². The highest BCUT2D eigenvalue weighted by Crippen LogP contribution is 2.27. The molecule has 0 aliphatic rings. The van der Waals surface area contributed by atoms with Crippen LogP contribution in [0.5, 0.6) is 0 Å². The Bertz CT molecular complexity index is 999. The highest BCUT2D eigenvalue weighted by molar-refractivity contribution is 7.90. The van der Waals surface area contributed by atoms with Crippen molar-refractivity contribution in [3.8, 4) is 17.5 Å². The molecular formula is C18H14N2O3S. The highest BCUT2D eigenvalue weighted by atomic mass is 32.2. The lowest BCUT2D eigenvalue weighted by Gasteiger charge is -2.01. The van der Waals surface area contributed by atoms with Crippen LogP contribution in [-0.2, 0) is 15.6 Å². The van der Waals surface area contributed by atoms with Crippen LogP contribution in [0.15, 0.2) is 64.1 Å². The molecule has 0 atom stereocenters. The molecule has 1 heterocycles. The Balaban J connectivity index is 2.01. The fourth-order valence-corrected chi connectivity index (χ4v) is 3.62. The van der Waals surface area contributed by atoms with Crippen LogP contribution in [0.2, 0.25) is 0 Å². The van der Waals surface area contributed by atoms with E-state index in [4.69, 9.17) is 4.42 Å². The van der Waals surface area contributed by atoms with Crippen LogP contribution in [0.1, 0.15) is 16.8 Å². The van der Waals surface area contributed by atoms with Crippen molar-refractivity contribution in [2.24, 2.45) is 0 Å². The van der Waals surface area contributed by atoms with E-state index in [0.717, 1.165) is 5.56 Å². The van der Waals surface area contributed by atoms with E-state index >= 15 is 0 Å². The minimum Gasteiger partial charge on any atom is -0.423 e. The third-order valence-corrected chi connectivity index (χ3v) is 5.04. The van der Waals surface area contributed by atoms with E-state index in [2.05, 4.69) is 4.98 Å². The van der Waals surface area contributed by atoms with Crippen molar-refractivity contribution >= 4 is 9.84 Å². The van der Waals surface area contributed by atoms with Crippen molar-refractivity contribution in [1.82, 2.24) is 4.98 Å². The molecule has 0 radical (unpaired) electrons. The Hall–Kier alpha value is -2.91. The molecule has 0 saturated heterocycles. The van der Waals surface area contributed by atoms with Gasteiger partial charge in [-0.15, -0.1) is 0 Å². The van der Waals surface area contributed by atoms with E-state index in [-0.39, 0.29) is 22.4 Å². The first-order valence-electron chi connectivity index (χ1n) is 7.24. The van der Waals surface area contributed by atoms with E-state index in [1.165, 1.54) is 0 Å². The molecule has 5 nitrogen and oxygen atoms in total. The number of nitrogens with zero attached hydrogens (tertiary/aromatic N) is 2. The van der Waals surface area contributed by atoms with Gasteiger partial charge in [0.2, 0.25) is 15.7 Å². The molecule has 3 aromatic rings.